The lowest BCUT2D eigenvalue weighted by molar-refractivity contribution is -0.229. The molecule has 1 heterocycles. The SMILES string of the molecule is CCCCCCCCCCCCCCCCCCCC(=O)OC1COC(c2ccccc2)OC1. The molecule has 0 radical (unpaired) electrons. The maximum Gasteiger partial charge on any atom is 0.306 e. The maximum atomic E-state index is 12.1. The highest BCUT2D eigenvalue weighted by molar-refractivity contribution is 5.69. The summed E-state index contributed by atoms with van der Waals surface area (Å²) in [6.07, 6.45) is 22.7. The number of esters is 1. The molecule has 1 aromatic rings. The summed E-state index contributed by atoms with van der Waals surface area (Å²) in [5, 5.41) is 0. The molecule has 1 saturated heterocycles. The van der Waals surface area contributed by atoms with Crippen LogP contribution < -0.4 is 0 Å². The summed E-state index contributed by atoms with van der Waals surface area (Å²) >= 11 is 0. The predicted octanol–water partition coefficient (Wildman–Crippen LogP) is 8.69. The van der Waals surface area contributed by atoms with Crippen LogP contribution in [0.25, 0.3) is 0 Å². The van der Waals surface area contributed by atoms with Crippen molar-refractivity contribution in [1.29, 1.82) is 0 Å². The van der Waals surface area contributed by atoms with Crippen LogP contribution in [0.2, 0.25) is 0 Å². The van der Waals surface area contributed by atoms with Gasteiger partial charge in [0, 0.05) is 12.0 Å². The van der Waals surface area contributed by atoms with E-state index in [1.54, 1.807) is 0 Å². The van der Waals surface area contributed by atoms with Gasteiger partial charge in [0.15, 0.2) is 6.29 Å². The van der Waals surface area contributed by atoms with E-state index in [0.717, 1.165) is 18.4 Å². The van der Waals surface area contributed by atoms with Gasteiger partial charge in [-0.15, -0.1) is 0 Å². The zero-order valence-electron chi connectivity index (χ0n) is 21.8. The third-order valence-electron chi connectivity index (χ3n) is 6.72. The first-order chi connectivity index (χ1) is 16.8. The van der Waals surface area contributed by atoms with Crippen molar-refractivity contribution in [2.24, 2.45) is 0 Å². The summed E-state index contributed by atoms with van der Waals surface area (Å²) in [4.78, 5) is 12.1. The van der Waals surface area contributed by atoms with Gasteiger partial charge in [0.05, 0.1) is 13.2 Å². The molecule has 1 aromatic carbocycles. The van der Waals surface area contributed by atoms with Crippen molar-refractivity contribution in [2.45, 2.75) is 135 Å². The Labute approximate surface area is 209 Å². The van der Waals surface area contributed by atoms with Crippen LogP contribution in [-0.4, -0.2) is 25.3 Å². The van der Waals surface area contributed by atoms with E-state index in [9.17, 15) is 4.79 Å². The summed E-state index contributed by atoms with van der Waals surface area (Å²) in [7, 11) is 0. The second-order valence-corrected chi connectivity index (χ2v) is 9.93. The normalized spacial score (nSPS) is 18.1. The monoisotopic (exact) mass is 474 g/mol. The first-order valence-electron chi connectivity index (χ1n) is 14.3. The molecule has 4 heteroatoms. The highest BCUT2D eigenvalue weighted by Gasteiger charge is 2.25. The molecule has 0 aliphatic carbocycles. The van der Waals surface area contributed by atoms with E-state index < -0.39 is 0 Å². The Hall–Kier alpha value is -1.39. The summed E-state index contributed by atoms with van der Waals surface area (Å²) in [6.45, 7) is 3.07. The minimum absolute atomic E-state index is 0.128. The van der Waals surface area contributed by atoms with Gasteiger partial charge < -0.3 is 14.2 Å². The molecule has 0 spiro atoms. The van der Waals surface area contributed by atoms with Crippen LogP contribution >= 0.6 is 0 Å². The van der Waals surface area contributed by atoms with Crippen molar-refractivity contribution < 1.29 is 19.0 Å². The molecular weight excluding hydrogens is 424 g/mol. The number of carbonyl (C=O) groups excluding carboxylic acids is 1. The number of carbonyl (C=O) groups is 1. The molecule has 4 nitrogen and oxygen atoms in total. The predicted molar refractivity (Wildman–Crippen MR) is 140 cm³/mol. The molecule has 0 aromatic heterocycles. The molecule has 0 atom stereocenters. The number of benzene rings is 1. The van der Waals surface area contributed by atoms with Crippen LogP contribution in [0.15, 0.2) is 30.3 Å². The van der Waals surface area contributed by atoms with E-state index in [0.29, 0.717) is 19.6 Å². The fourth-order valence-corrected chi connectivity index (χ4v) is 4.60. The lowest BCUT2D eigenvalue weighted by atomic mass is 10.0. The zero-order chi connectivity index (χ0) is 24.1. The molecule has 0 unspecified atom stereocenters. The van der Waals surface area contributed by atoms with Crippen molar-refractivity contribution in [3.63, 3.8) is 0 Å². The Morgan fingerprint density at radius 3 is 1.62 bits per heavy atom. The second kappa shape index (κ2) is 19.9. The first kappa shape index (κ1) is 28.8. The maximum absolute atomic E-state index is 12.1. The van der Waals surface area contributed by atoms with Crippen molar-refractivity contribution in [3.05, 3.63) is 35.9 Å². The number of ether oxygens (including phenoxy) is 3. The van der Waals surface area contributed by atoms with Gasteiger partial charge in [-0.2, -0.15) is 0 Å². The third kappa shape index (κ3) is 14.1. The molecule has 0 N–H and O–H groups in total. The minimum Gasteiger partial charge on any atom is -0.457 e. The number of unbranched alkanes of at least 4 members (excludes halogenated alkanes) is 16. The molecule has 194 valence electrons. The quantitative estimate of drug-likeness (QED) is 0.140. The average Bonchev–Trinajstić information content (AvgIpc) is 2.87. The van der Waals surface area contributed by atoms with E-state index in [-0.39, 0.29) is 18.4 Å². The molecule has 1 aliphatic heterocycles. The number of hydrogen-bond acceptors (Lipinski definition) is 4. The van der Waals surface area contributed by atoms with E-state index >= 15 is 0 Å². The van der Waals surface area contributed by atoms with Crippen LogP contribution in [0.3, 0.4) is 0 Å². The number of hydrogen-bond donors (Lipinski definition) is 0. The topological polar surface area (TPSA) is 44.8 Å². The Balaban J connectivity index is 1.31. The highest BCUT2D eigenvalue weighted by Crippen LogP contribution is 2.23. The smallest absolute Gasteiger partial charge is 0.306 e. The van der Waals surface area contributed by atoms with E-state index in [4.69, 9.17) is 14.2 Å². The Kier molecular flexibility index (Phi) is 16.9. The number of rotatable bonds is 20. The highest BCUT2D eigenvalue weighted by atomic mass is 16.7. The lowest BCUT2D eigenvalue weighted by Crippen LogP contribution is -2.35. The van der Waals surface area contributed by atoms with Gasteiger partial charge in [0.25, 0.3) is 0 Å². The van der Waals surface area contributed by atoms with Crippen molar-refractivity contribution >= 4 is 5.97 Å². The van der Waals surface area contributed by atoms with E-state index in [1.165, 1.54) is 96.3 Å². The summed E-state index contributed by atoms with van der Waals surface area (Å²) in [5.74, 6) is -0.128. The van der Waals surface area contributed by atoms with Crippen LogP contribution in [0.1, 0.15) is 134 Å². The van der Waals surface area contributed by atoms with Crippen LogP contribution in [-0.2, 0) is 19.0 Å². The lowest BCUT2D eigenvalue weighted by Gasteiger charge is -2.29. The molecule has 2 rings (SSSR count). The van der Waals surface area contributed by atoms with Crippen LogP contribution in [0.5, 0.6) is 0 Å². The fourth-order valence-electron chi connectivity index (χ4n) is 4.60. The first-order valence-corrected chi connectivity index (χ1v) is 14.3. The van der Waals surface area contributed by atoms with Gasteiger partial charge in [0.1, 0.15) is 6.10 Å². The molecule has 1 fully saturated rings. The summed E-state index contributed by atoms with van der Waals surface area (Å²) in [5.41, 5.74) is 0.996. The minimum atomic E-state index is -0.360. The largest absolute Gasteiger partial charge is 0.457 e. The molecule has 0 bridgehead atoms. The van der Waals surface area contributed by atoms with Crippen molar-refractivity contribution in [1.82, 2.24) is 0 Å². The van der Waals surface area contributed by atoms with Gasteiger partial charge in [-0.05, 0) is 6.42 Å². The zero-order valence-corrected chi connectivity index (χ0v) is 21.8. The third-order valence-corrected chi connectivity index (χ3v) is 6.72. The fraction of sp³-hybridized carbons (Fsp3) is 0.767. The van der Waals surface area contributed by atoms with Crippen LogP contribution in [0.4, 0.5) is 0 Å². The van der Waals surface area contributed by atoms with Gasteiger partial charge in [-0.3, -0.25) is 4.79 Å². The van der Waals surface area contributed by atoms with Gasteiger partial charge in [-0.25, -0.2) is 0 Å². The van der Waals surface area contributed by atoms with Crippen molar-refractivity contribution in [2.75, 3.05) is 13.2 Å². The standard InChI is InChI=1S/C30H50O4/c1-2-3-4-5-6-7-8-9-10-11-12-13-14-15-16-17-21-24-29(31)34-28-25-32-30(33-26-28)27-22-19-18-20-23-27/h18-20,22-23,28,30H,2-17,21,24-26H2,1H3. The molecular formula is C30H50O4. The average molecular weight is 475 g/mol. The molecule has 1 aliphatic rings. The van der Waals surface area contributed by atoms with Gasteiger partial charge >= 0.3 is 5.97 Å². The Morgan fingerprint density at radius 2 is 1.15 bits per heavy atom. The van der Waals surface area contributed by atoms with E-state index in [1.807, 2.05) is 30.3 Å². The van der Waals surface area contributed by atoms with Crippen LogP contribution in [0, 0.1) is 0 Å². The molecule has 34 heavy (non-hydrogen) atoms. The van der Waals surface area contributed by atoms with E-state index in [2.05, 4.69) is 6.92 Å². The molecule has 0 saturated carbocycles. The Morgan fingerprint density at radius 1 is 0.706 bits per heavy atom. The van der Waals surface area contributed by atoms with Gasteiger partial charge in [0.2, 0.25) is 0 Å². The Bertz CT molecular complexity index is 595. The summed E-state index contributed by atoms with van der Waals surface area (Å²) < 4.78 is 16.9. The van der Waals surface area contributed by atoms with Crippen molar-refractivity contribution in [3.8, 4) is 0 Å². The second-order valence-electron chi connectivity index (χ2n) is 9.93. The van der Waals surface area contributed by atoms with Gasteiger partial charge in [-0.1, -0.05) is 140 Å². The summed E-state index contributed by atoms with van der Waals surface area (Å²) in [6, 6.07) is 9.86. The molecule has 0 amide bonds.